The van der Waals surface area contributed by atoms with Crippen LogP contribution in [-0.4, -0.2) is 28.2 Å². The number of hydrogen-bond acceptors (Lipinski definition) is 7. The number of carbonyl (C=O) groups excluding carboxylic acids is 1. The smallest absolute Gasteiger partial charge is 0.338 e. The van der Waals surface area contributed by atoms with Crippen LogP contribution >= 0.6 is 11.3 Å². The molecule has 0 bridgehead atoms. The van der Waals surface area contributed by atoms with E-state index in [1.165, 1.54) is 28.0 Å². The molecule has 0 radical (unpaired) electrons. The van der Waals surface area contributed by atoms with Gasteiger partial charge in [0.25, 0.3) is 5.56 Å². The Morgan fingerprint density at radius 1 is 1.11 bits per heavy atom. The summed E-state index contributed by atoms with van der Waals surface area (Å²) in [5.41, 5.74) is 2.21. The number of carboxylic acids is 1. The Morgan fingerprint density at radius 3 is 2.51 bits per heavy atom. The number of ether oxygens (including phenoxy) is 1. The van der Waals surface area contributed by atoms with Gasteiger partial charge in [-0.05, 0) is 43.7 Å². The lowest BCUT2D eigenvalue weighted by Crippen LogP contribution is -2.39. The molecule has 2 aromatic carbocycles. The van der Waals surface area contributed by atoms with Crippen LogP contribution in [0, 0.1) is 0 Å². The van der Waals surface area contributed by atoms with Crippen LogP contribution in [0.5, 0.6) is 0 Å². The van der Waals surface area contributed by atoms with Crippen LogP contribution in [0.25, 0.3) is 17.4 Å². The minimum atomic E-state index is -1.00. The Kier molecular flexibility index (Phi) is 6.45. The van der Waals surface area contributed by atoms with E-state index in [9.17, 15) is 14.4 Å². The number of thiazole rings is 1. The average Bonchev–Trinajstić information content (AvgIpc) is 3.48. The first-order chi connectivity index (χ1) is 17.9. The van der Waals surface area contributed by atoms with Gasteiger partial charge in [-0.25, -0.2) is 14.6 Å². The normalized spacial score (nSPS) is 15.3. The van der Waals surface area contributed by atoms with Crippen molar-refractivity contribution in [3.8, 4) is 11.3 Å². The first-order valence-corrected chi connectivity index (χ1v) is 12.4. The topological polar surface area (TPSA) is 111 Å². The van der Waals surface area contributed by atoms with Crippen molar-refractivity contribution in [2.75, 3.05) is 6.61 Å². The van der Waals surface area contributed by atoms with E-state index < -0.39 is 18.0 Å². The van der Waals surface area contributed by atoms with Gasteiger partial charge in [-0.15, -0.1) is 0 Å². The number of nitrogens with zero attached hydrogens (tertiary/aromatic N) is 2. The highest BCUT2D eigenvalue weighted by Crippen LogP contribution is 2.30. The molecule has 186 valence electrons. The van der Waals surface area contributed by atoms with E-state index in [1.54, 1.807) is 44.2 Å². The van der Waals surface area contributed by atoms with Crippen molar-refractivity contribution in [3.05, 3.63) is 115 Å². The van der Waals surface area contributed by atoms with E-state index in [0.717, 1.165) is 5.56 Å². The van der Waals surface area contributed by atoms with Gasteiger partial charge in [-0.2, -0.15) is 0 Å². The Balaban J connectivity index is 1.59. The van der Waals surface area contributed by atoms with Crippen molar-refractivity contribution in [1.82, 2.24) is 4.57 Å². The maximum Gasteiger partial charge on any atom is 0.338 e. The zero-order valence-electron chi connectivity index (χ0n) is 20.0. The molecule has 5 rings (SSSR count). The molecule has 9 heteroatoms. The fourth-order valence-corrected chi connectivity index (χ4v) is 5.26. The van der Waals surface area contributed by atoms with Gasteiger partial charge >= 0.3 is 11.9 Å². The van der Waals surface area contributed by atoms with Gasteiger partial charge in [0.15, 0.2) is 4.80 Å². The summed E-state index contributed by atoms with van der Waals surface area (Å²) in [4.78, 5) is 42.7. The number of rotatable bonds is 6. The molecule has 0 unspecified atom stereocenters. The first kappa shape index (κ1) is 24.2. The monoisotopic (exact) mass is 514 g/mol. The third-order valence-electron chi connectivity index (χ3n) is 5.95. The predicted octanol–water partition coefficient (Wildman–Crippen LogP) is 3.76. The van der Waals surface area contributed by atoms with Crippen LogP contribution in [0.15, 0.2) is 92.2 Å². The minimum absolute atomic E-state index is 0.182. The molecule has 1 atom stereocenters. The second-order valence-corrected chi connectivity index (χ2v) is 9.31. The number of benzene rings is 2. The average molecular weight is 515 g/mol. The van der Waals surface area contributed by atoms with Crippen molar-refractivity contribution in [1.29, 1.82) is 0 Å². The molecule has 1 aliphatic rings. The second-order valence-electron chi connectivity index (χ2n) is 8.30. The molecule has 0 saturated carbocycles. The molecule has 3 heterocycles. The van der Waals surface area contributed by atoms with Crippen molar-refractivity contribution >= 4 is 29.4 Å². The summed E-state index contributed by atoms with van der Waals surface area (Å²) >= 11 is 1.21. The van der Waals surface area contributed by atoms with E-state index in [-0.39, 0.29) is 17.7 Å². The number of hydrogen-bond donors (Lipinski definition) is 1. The lowest BCUT2D eigenvalue weighted by Gasteiger charge is -2.24. The van der Waals surface area contributed by atoms with Crippen LogP contribution < -0.4 is 14.9 Å². The van der Waals surface area contributed by atoms with Gasteiger partial charge in [0, 0.05) is 11.6 Å². The van der Waals surface area contributed by atoms with Crippen molar-refractivity contribution in [2.24, 2.45) is 4.99 Å². The van der Waals surface area contributed by atoms with E-state index in [4.69, 9.17) is 14.3 Å². The number of aromatic nitrogens is 1. The largest absolute Gasteiger partial charge is 0.478 e. The summed E-state index contributed by atoms with van der Waals surface area (Å²) in [5, 5.41) is 9.10. The Hall–Kier alpha value is -4.50. The van der Waals surface area contributed by atoms with Crippen LogP contribution in [0.4, 0.5) is 0 Å². The molecule has 37 heavy (non-hydrogen) atoms. The van der Waals surface area contributed by atoms with Crippen LogP contribution in [0.2, 0.25) is 0 Å². The standard InChI is InChI=1S/C28H22N2O6S/c1-3-35-27(34)23-16(2)29-28-30(24(23)18-7-5-4-6-8-18)25(31)22(37-28)15-20-13-14-21(36-20)17-9-11-19(12-10-17)26(32)33/h4-15,24H,3H2,1-2H3,(H,32,33)/b22-15-/t24-/m0/s1. The van der Waals surface area contributed by atoms with E-state index in [1.807, 2.05) is 30.3 Å². The highest BCUT2D eigenvalue weighted by Gasteiger charge is 2.33. The molecule has 1 N–H and O–H groups in total. The number of carboxylic acid groups (broad SMARTS) is 1. The highest BCUT2D eigenvalue weighted by atomic mass is 32.1. The molecule has 0 saturated heterocycles. The van der Waals surface area contributed by atoms with Gasteiger partial charge in [-0.3, -0.25) is 9.36 Å². The summed E-state index contributed by atoms with van der Waals surface area (Å²) in [5.74, 6) is -0.507. The lowest BCUT2D eigenvalue weighted by atomic mass is 9.96. The summed E-state index contributed by atoms with van der Waals surface area (Å²) in [6.07, 6.45) is 1.64. The van der Waals surface area contributed by atoms with Crippen molar-refractivity contribution in [3.63, 3.8) is 0 Å². The molecule has 0 aliphatic carbocycles. The number of furan rings is 1. The maximum atomic E-state index is 13.6. The minimum Gasteiger partial charge on any atom is -0.478 e. The van der Waals surface area contributed by atoms with Gasteiger partial charge in [0.2, 0.25) is 0 Å². The Bertz CT molecular complexity index is 1710. The summed E-state index contributed by atoms with van der Waals surface area (Å²) in [6, 6.07) is 18.5. The number of allylic oxidation sites excluding steroid dienone is 1. The van der Waals surface area contributed by atoms with Gasteiger partial charge in [0.05, 0.1) is 34.0 Å². The quantitative estimate of drug-likeness (QED) is 0.392. The van der Waals surface area contributed by atoms with Gasteiger partial charge < -0.3 is 14.3 Å². The van der Waals surface area contributed by atoms with Crippen molar-refractivity contribution in [2.45, 2.75) is 19.9 Å². The molecule has 0 fully saturated rings. The fraction of sp³-hybridized carbons (Fsp3) is 0.143. The number of fused-ring (bicyclic) bond motifs is 1. The van der Waals surface area contributed by atoms with Crippen molar-refractivity contribution < 1.29 is 23.8 Å². The second kappa shape index (κ2) is 9.87. The van der Waals surface area contributed by atoms with Crippen LogP contribution in [-0.2, 0) is 9.53 Å². The van der Waals surface area contributed by atoms with Gasteiger partial charge in [-0.1, -0.05) is 53.8 Å². The van der Waals surface area contributed by atoms with Gasteiger partial charge in [0.1, 0.15) is 11.5 Å². The summed E-state index contributed by atoms with van der Waals surface area (Å²) < 4.78 is 13.2. The molecule has 4 aromatic rings. The van der Waals surface area contributed by atoms with Crippen LogP contribution in [0.1, 0.15) is 41.6 Å². The number of esters is 1. The first-order valence-electron chi connectivity index (χ1n) is 11.6. The Morgan fingerprint density at radius 2 is 1.84 bits per heavy atom. The SMILES string of the molecule is CCOC(=O)C1=C(C)N=c2s/c(=C\c3ccc(-c4ccc(C(=O)O)cc4)o3)c(=O)n2[C@H]1c1ccccc1. The van der Waals surface area contributed by atoms with Crippen LogP contribution in [0.3, 0.4) is 0 Å². The molecule has 2 aromatic heterocycles. The predicted molar refractivity (Wildman–Crippen MR) is 138 cm³/mol. The third kappa shape index (κ3) is 4.56. The zero-order valence-corrected chi connectivity index (χ0v) is 20.8. The number of aromatic carboxylic acids is 1. The van der Waals surface area contributed by atoms with E-state index >= 15 is 0 Å². The Labute approximate surface area is 215 Å². The maximum absolute atomic E-state index is 13.6. The molecule has 0 spiro atoms. The molecule has 0 amide bonds. The lowest BCUT2D eigenvalue weighted by molar-refractivity contribution is -0.139. The summed E-state index contributed by atoms with van der Waals surface area (Å²) in [7, 11) is 0. The third-order valence-corrected chi connectivity index (χ3v) is 6.93. The molecular weight excluding hydrogens is 492 g/mol. The zero-order chi connectivity index (χ0) is 26.1. The molecule has 8 nitrogen and oxygen atoms in total. The summed E-state index contributed by atoms with van der Waals surface area (Å²) in [6.45, 7) is 3.69. The molecule has 1 aliphatic heterocycles. The highest BCUT2D eigenvalue weighted by molar-refractivity contribution is 7.07. The molecular formula is C28H22N2O6S. The van der Waals surface area contributed by atoms with E-state index in [0.29, 0.717) is 37.7 Å². The van der Waals surface area contributed by atoms with E-state index in [2.05, 4.69) is 4.99 Å². The fourth-order valence-electron chi connectivity index (χ4n) is 4.23. The number of carbonyl (C=O) groups is 2.